The molecule has 0 aliphatic carbocycles. The summed E-state index contributed by atoms with van der Waals surface area (Å²) in [6.45, 7) is 4.99. The van der Waals surface area contributed by atoms with Gasteiger partial charge in [-0.1, -0.05) is 0 Å². The first-order valence-corrected chi connectivity index (χ1v) is 9.01. The van der Waals surface area contributed by atoms with Gasteiger partial charge in [0.05, 0.1) is 11.7 Å². The summed E-state index contributed by atoms with van der Waals surface area (Å²) >= 11 is 0. The minimum Gasteiger partial charge on any atom is -0.444 e. The predicted molar refractivity (Wildman–Crippen MR) is 108 cm³/mol. The van der Waals surface area contributed by atoms with Crippen LogP contribution in [0, 0.1) is 0 Å². The van der Waals surface area contributed by atoms with E-state index in [0.29, 0.717) is 24.6 Å². The number of allylic oxidation sites excluding steroid dienone is 1. The van der Waals surface area contributed by atoms with E-state index in [1.807, 2.05) is 4.90 Å². The molecule has 2 rings (SSSR count). The van der Waals surface area contributed by atoms with Crippen molar-refractivity contribution in [1.82, 2.24) is 14.9 Å². The number of hydrogen-bond acceptors (Lipinski definition) is 8. The highest BCUT2D eigenvalue weighted by Crippen LogP contribution is 2.26. The highest BCUT2D eigenvalue weighted by atomic mass is 19.3. The van der Waals surface area contributed by atoms with Crippen molar-refractivity contribution in [2.75, 3.05) is 30.8 Å². The van der Waals surface area contributed by atoms with Crippen LogP contribution in [0.15, 0.2) is 17.3 Å². The number of anilines is 2. The number of amides is 1. The van der Waals surface area contributed by atoms with E-state index in [1.54, 1.807) is 33.9 Å². The molecule has 9 nitrogen and oxygen atoms in total. The topological polar surface area (TPSA) is 123 Å². The zero-order chi connectivity index (χ0) is 21.9. The lowest BCUT2D eigenvalue weighted by molar-refractivity contribution is 0.0196. The van der Waals surface area contributed by atoms with Crippen LogP contribution in [0.4, 0.5) is 25.3 Å². The van der Waals surface area contributed by atoms with Crippen LogP contribution in [-0.4, -0.2) is 65.0 Å². The molecule has 1 aromatic rings. The second-order valence-electron chi connectivity index (χ2n) is 7.69. The fourth-order valence-corrected chi connectivity index (χ4v) is 2.73. The van der Waals surface area contributed by atoms with Crippen LogP contribution in [-0.2, 0) is 4.74 Å². The zero-order valence-electron chi connectivity index (χ0n) is 17.2. The van der Waals surface area contributed by atoms with E-state index < -0.39 is 18.2 Å². The Kier molecular flexibility index (Phi) is 6.60. The van der Waals surface area contributed by atoms with Gasteiger partial charge in [0.2, 0.25) is 5.95 Å². The van der Waals surface area contributed by atoms with Crippen molar-refractivity contribution in [2.45, 2.75) is 45.9 Å². The zero-order valence-corrected chi connectivity index (χ0v) is 17.2. The molecule has 0 spiro atoms. The molecular weight excluding hydrogens is 384 g/mol. The summed E-state index contributed by atoms with van der Waals surface area (Å²) in [4.78, 5) is 27.1. The van der Waals surface area contributed by atoms with Crippen molar-refractivity contribution in [3.63, 3.8) is 0 Å². The van der Waals surface area contributed by atoms with Gasteiger partial charge < -0.3 is 26.0 Å². The normalized spacial score (nSPS) is 16.1. The van der Waals surface area contributed by atoms with Gasteiger partial charge in [-0.15, -0.1) is 0 Å². The van der Waals surface area contributed by atoms with Crippen molar-refractivity contribution >= 4 is 29.1 Å². The number of ether oxygens (including phenoxy) is 1. The first-order valence-electron chi connectivity index (χ1n) is 9.01. The Labute approximate surface area is 168 Å². The molecule has 4 N–H and O–H groups in total. The van der Waals surface area contributed by atoms with E-state index in [2.05, 4.69) is 15.0 Å². The van der Waals surface area contributed by atoms with E-state index in [1.165, 1.54) is 11.8 Å². The average Bonchev–Trinajstić information content (AvgIpc) is 2.51. The number of halogens is 2. The van der Waals surface area contributed by atoms with Crippen LogP contribution < -0.4 is 16.4 Å². The number of carbonyl (C=O) groups excluding carboxylic acids is 1. The summed E-state index contributed by atoms with van der Waals surface area (Å²) in [5.41, 5.74) is 11.4. The van der Waals surface area contributed by atoms with Gasteiger partial charge in [-0.2, -0.15) is 13.8 Å². The molecule has 160 valence electrons. The number of nitrogen functional groups attached to an aromatic ring is 1. The van der Waals surface area contributed by atoms with Gasteiger partial charge in [-0.3, -0.25) is 0 Å². The lowest BCUT2D eigenvalue weighted by Crippen LogP contribution is -2.60. The van der Waals surface area contributed by atoms with Crippen LogP contribution in [0.3, 0.4) is 0 Å². The highest BCUT2D eigenvalue weighted by Gasteiger charge is 2.35. The van der Waals surface area contributed by atoms with E-state index >= 15 is 0 Å². The Bertz CT molecular complexity index is 815. The highest BCUT2D eigenvalue weighted by molar-refractivity contribution is 6.22. The lowest BCUT2D eigenvalue weighted by Gasteiger charge is -2.44. The van der Waals surface area contributed by atoms with E-state index in [4.69, 9.17) is 16.2 Å². The summed E-state index contributed by atoms with van der Waals surface area (Å²) in [5, 5.41) is 0. The van der Waals surface area contributed by atoms with Gasteiger partial charge >= 0.3 is 12.6 Å². The number of nitrogens with zero attached hydrogens (tertiary/aromatic N) is 5. The molecule has 0 aromatic carbocycles. The second-order valence-corrected chi connectivity index (χ2v) is 7.69. The number of likely N-dealkylation sites (N-methyl/N-ethyl adjacent to an activating group) is 1. The monoisotopic (exact) mass is 411 g/mol. The Balaban J connectivity index is 2.13. The number of aliphatic imine (C=N–C) groups is 1. The van der Waals surface area contributed by atoms with Gasteiger partial charge in [0.25, 0.3) is 0 Å². The molecular formula is C18H27F2N7O2. The van der Waals surface area contributed by atoms with Crippen molar-refractivity contribution in [1.29, 1.82) is 0 Å². The molecule has 0 saturated carbocycles. The fourth-order valence-electron chi connectivity index (χ4n) is 2.73. The third-order valence-corrected chi connectivity index (χ3v) is 4.27. The largest absolute Gasteiger partial charge is 0.444 e. The van der Waals surface area contributed by atoms with Crippen molar-refractivity contribution in [3.05, 3.63) is 18.0 Å². The molecule has 1 amide bonds. The van der Waals surface area contributed by atoms with Crippen molar-refractivity contribution in [2.24, 2.45) is 10.7 Å². The molecule has 1 aromatic heterocycles. The minimum atomic E-state index is -2.86. The minimum absolute atomic E-state index is 0.0226. The number of hydrogen-bond donors (Lipinski definition) is 2. The number of aromatic nitrogens is 2. The van der Waals surface area contributed by atoms with Gasteiger partial charge in [0, 0.05) is 43.7 Å². The molecule has 1 saturated heterocycles. The first kappa shape index (κ1) is 22.3. The number of alkyl halides is 2. The Morgan fingerprint density at radius 3 is 2.55 bits per heavy atom. The predicted octanol–water partition coefficient (Wildman–Crippen LogP) is 2.10. The summed E-state index contributed by atoms with van der Waals surface area (Å²) in [5.74, 6) is 0.483. The molecule has 0 unspecified atom stereocenters. The van der Waals surface area contributed by atoms with E-state index in [-0.39, 0.29) is 23.3 Å². The van der Waals surface area contributed by atoms with Gasteiger partial charge in [-0.25, -0.2) is 14.8 Å². The molecule has 29 heavy (non-hydrogen) atoms. The molecule has 11 heteroatoms. The van der Waals surface area contributed by atoms with Gasteiger partial charge in [-0.05, 0) is 27.7 Å². The van der Waals surface area contributed by atoms with Crippen LogP contribution in [0.2, 0.25) is 0 Å². The molecule has 0 atom stereocenters. The number of rotatable bonds is 5. The summed E-state index contributed by atoms with van der Waals surface area (Å²) in [6, 6.07) is 1.54. The van der Waals surface area contributed by atoms with Crippen molar-refractivity contribution < 1.29 is 18.3 Å². The third kappa shape index (κ3) is 5.75. The first-order chi connectivity index (χ1) is 13.4. The molecule has 0 radical (unpaired) electrons. The van der Waals surface area contributed by atoms with Gasteiger partial charge in [0.1, 0.15) is 11.4 Å². The van der Waals surface area contributed by atoms with Crippen LogP contribution in [0.1, 0.15) is 33.4 Å². The molecule has 1 aliphatic rings. The number of carbonyl (C=O) groups is 1. The molecule has 0 bridgehead atoms. The summed E-state index contributed by atoms with van der Waals surface area (Å²) in [6.07, 6.45) is 0.749. The number of nitrogens with two attached hydrogens (primary N) is 2. The Morgan fingerprint density at radius 1 is 1.41 bits per heavy atom. The van der Waals surface area contributed by atoms with Crippen LogP contribution in [0.25, 0.3) is 5.57 Å². The van der Waals surface area contributed by atoms with Crippen LogP contribution in [0.5, 0.6) is 0 Å². The molecule has 2 heterocycles. The van der Waals surface area contributed by atoms with Crippen LogP contribution >= 0.6 is 0 Å². The van der Waals surface area contributed by atoms with E-state index in [9.17, 15) is 13.6 Å². The SMILES string of the molecule is CC(=NC(F)F)C(=CN)c1cc(N2CC(N(C)C(=O)OC(C)(C)C)C2)nc(N)n1. The Hall–Kier alpha value is -2.98. The molecule has 1 aliphatic heterocycles. The smallest absolute Gasteiger partial charge is 0.410 e. The summed E-state index contributed by atoms with van der Waals surface area (Å²) in [7, 11) is 1.68. The van der Waals surface area contributed by atoms with E-state index in [0.717, 1.165) is 6.20 Å². The van der Waals surface area contributed by atoms with Crippen molar-refractivity contribution in [3.8, 4) is 0 Å². The lowest BCUT2D eigenvalue weighted by atomic mass is 10.1. The second kappa shape index (κ2) is 8.58. The maximum Gasteiger partial charge on any atom is 0.410 e. The summed E-state index contributed by atoms with van der Waals surface area (Å²) < 4.78 is 30.5. The standard InChI is InChI=1S/C18H27F2N7O2/c1-10(23-15(19)20)12(7-21)13-6-14(25-16(22)24-13)27-8-11(9-27)26(5)17(28)29-18(2,3)4/h6-7,11,15H,8-9,21H2,1-5H3,(H2,22,24,25). The van der Waals surface area contributed by atoms with Gasteiger partial charge in [0.15, 0.2) is 0 Å². The average molecular weight is 411 g/mol. The maximum atomic E-state index is 12.6. The fraction of sp³-hybridized carbons (Fsp3) is 0.556. The maximum absolute atomic E-state index is 12.6. The Morgan fingerprint density at radius 2 is 2.03 bits per heavy atom. The quantitative estimate of drug-likeness (QED) is 0.562. The third-order valence-electron chi connectivity index (χ3n) is 4.27. The molecule has 1 fully saturated rings.